The molecule has 0 aliphatic carbocycles. The van der Waals surface area contributed by atoms with Gasteiger partial charge >= 0.3 is 6.03 Å². The third kappa shape index (κ3) is 4.63. The second kappa shape index (κ2) is 8.23. The number of anilines is 1. The molecule has 4 heteroatoms. The first-order valence-electron chi connectivity index (χ1n) is 8.88. The van der Waals surface area contributed by atoms with Crippen LogP contribution in [0.1, 0.15) is 57.1 Å². The number of hydrogen-bond donors (Lipinski definition) is 2. The third-order valence-electron chi connectivity index (χ3n) is 4.97. The molecule has 0 unspecified atom stereocenters. The maximum absolute atomic E-state index is 11.5. The standard InChI is InChI=1S/C19H31N3O/c1-5-15-8-10-22(11-9-15)18-7-6-16(14(2)3)12-17(18)13-21-19(23)20-4/h6-7,12,14-15H,5,8-11,13H2,1-4H3,(H2,20,21,23). The summed E-state index contributed by atoms with van der Waals surface area (Å²) in [5.74, 6) is 1.36. The molecule has 1 aliphatic rings. The first-order chi connectivity index (χ1) is 11.0. The Kier molecular flexibility index (Phi) is 6.31. The van der Waals surface area contributed by atoms with Crippen LogP contribution in [0, 0.1) is 5.92 Å². The van der Waals surface area contributed by atoms with Gasteiger partial charge in [0.2, 0.25) is 0 Å². The van der Waals surface area contributed by atoms with Crippen LogP contribution in [0.15, 0.2) is 18.2 Å². The van der Waals surface area contributed by atoms with Gasteiger partial charge in [-0.05, 0) is 41.9 Å². The molecule has 0 aromatic heterocycles. The molecule has 1 saturated heterocycles. The van der Waals surface area contributed by atoms with E-state index >= 15 is 0 Å². The Bertz CT molecular complexity index is 519. The summed E-state index contributed by atoms with van der Waals surface area (Å²) in [4.78, 5) is 14.0. The SMILES string of the molecule is CCC1CCN(c2ccc(C(C)C)cc2CNC(=O)NC)CC1. The Labute approximate surface area is 140 Å². The van der Waals surface area contributed by atoms with E-state index in [-0.39, 0.29) is 6.03 Å². The van der Waals surface area contributed by atoms with E-state index in [1.165, 1.54) is 36.1 Å². The molecule has 0 atom stereocenters. The molecule has 4 nitrogen and oxygen atoms in total. The van der Waals surface area contributed by atoms with Crippen molar-refractivity contribution in [2.75, 3.05) is 25.0 Å². The number of carbonyl (C=O) groups excluding carboxylic acids is 1. The number of carbonyl (C=O) groups is 1. The summed E-state index contributed by atoms with van der Waals surface area (Å²) in [6.45, 7) is 9.51. The van der Waals surface area contributed by atoms with Gasteiger partial charge < -0.3 is 15.5 Å². The van der Waals surface area contributed by atoms with E-state index in [9.17, 15) is 4.79 Å². The van der Waals surface area contributed by atoms with Crippen molar-refractivity contribution < 1.29 is 4.79 Å². The second-order valence-electron chi connectivity index (χ2n) is 6.81. The molecular formula is C19H31N3O. The second-order valence-corrected chi connectivity index (χ2v) is 6.81. The molecule has 0 radical (unpaired) electrons. The van der Waals surface area contributed by atoms with Crippen LogP contribution in [0.25, 0.3) is 0 Å². The maximum atomic E-state index is 11.5. The largest absolute Gasteiger partial charge is 0.371 e. The molecule has 2 rings (SSSR count). The molecular weight excluding hydrogens is 286 g/mol. The fourth-order valence-electron chi connectivity index (χ4n) is 3.26. The first kappa shape index (κ1) is 17.6. The van der Waals surface area contributed by atoms with Crippen LogP contribution in [0.5, 0.6) is 0 Å². The molecule has 0 saturated carbocycles. The first-order valence-corrected chi connectivity index (χ1v) is 8.88. The van der Waals surface area contributed by atoms with Crippen molar-refractivity contribution in [3.63, 3.8) is 0 Å². The molecule has 0 bridgehead atoms. The predicted molar refractivity (Wildman–Crippen MR) is 97.1 cm³/mol. The Morgan fingerprint density at radius 2 is 2.00 bits per heavy atom. The zero-order valence-electron chi connectivity index (χ0n) is 15.0. The highest BCUT2D eigenvalue weighted by molar-refractivity contribution is 5.73. The number of nitrogens with one attached hydrogen (secondary N) is 2. The Morgan fingerprint density at radius 3 is 2.57 bits per heavy atom. The number of benzene rings is 1. The van der Waals surface area contributed by atoms with Crippen molar-refractivity contribution in [2.24, 2.45) is 5.92 Å². The van der Waals surface area contributed by atoms with Gasteiger partial charge in [0.15, 0.2) is 0 Å². The number of rotatable bonds is 5. The number of nitrogens with zero attached hydrogens (tertiary/aromatic N) is 1. The average molecular weight is 317 g/mol. The van der Waals surface area contributed by atoms with Crippen LogP contribution in [0.3, 0.4) is 0 Å². The molecule has 1 aliphatic heterocycles. The molecule has 0 spiro atoms. The highest BCUT2D eigenvalue weighted by Gasteiger charge is 2.20. The molecule has 128 valence electrons. The molecule has 2 N–H and O–H groups in total. The summed E-state index contributed by atoms with van der Waals surface area (Å²) in [6.07, 6.45) is 3.82. The van der Waals surface area contributed by atoms with E-state index in [0.717, 1.165) is 19.0 Å². The highest BCUT2D eigenvalue weighted by atomic mass is 16.2. The molecule has 2 amide bonds. The Balaban J connectivity index is 2.18. The van der Waals surface area contributed by atoms with E-state index in [0.29, 0.717) is 12.5 Å². The van der Waals surface area contributed by atoms with Gasteiger partial charge in [0, 0.05) is 32.4 Å². The minimum atomic E-state index is -0.129. The van der Waals surface area contributed by atoms with Crippen LogP contribution in [0.4, 0.5) is 10.5 Å². The summed E-state index contributed by atoms with van der Waals surface area (Å²) in [6, 6.07) is 6.59. The van der Waals surface area contributed by atoms with Gasteiger partial charge in [-0.25, -0.2) is 4.79 Å². The number of piperidine rings is 1. The summed E-state index contributed by atoms with van der Waals surface area (Å²) in [5.41, 5.74) is 3.82. The minimum Gasteiger partial charge on any atom is -0.371 e. The van der Waals surface area contributed by atoms with E-state index in [2.05, 4.69) is 54.5 Å². The maximum Gasteiger partial charge on any atom is 0.314 e. The van der Waals surface area contributed by atoms with Crippen LogP contribution in [-0.2, 0) is 6.54 Å². The van der Waals surface area contributed by atoms with Crippen molar-refractivity contribution in [3.8, 4) is 0 Å². The lowest BCUT2D eigenvalue weighted by atomic mass is 9.93. The zero-order chi connectivity index (χ0) is 16.8. The van der Waals surface area contributed by atoms with Gasteiger partial charge in [-0.1, -0.05) is 39.3 Å². The molecule has 1 aromatic rings. The number of amides is 2. The third-order valence-corrected chi connectivity index (χ3v) is 4.97. The fraction of sp³-hybridized carbons (Fsp3) is 0.632. The van der Waals surface area contributed by atoms with Gasteiger partial charge in [-0.15, -0.1) is 0 Å². The topological polar surface area (TPSA) is 44.4 Å². The van der Waals surface area contributed by atoms with Crippen molar-refractivity contribution in [1.29, 1.82) is 0 Å². The van der Waals surface area contributed by atoms with E-state index in [4.69, 9.17) is 0 Å². The predicted octanol–water partition coefficient (Wildman–Crippen LogP) is 3.87. The van der Waals surface area contributed by atoms with E-state index < -0.39 is 0 Å². The van der Waals surface area contributed by atoms with Gasteiger partial charge in [0.25, 0.3) is 0 Å². The monoisotopic (exact) mass is 317 g/mol. The molecule has 23 heavy (non-hydrogen) atoms. The highest BCUT2D eigenvalue weighted by Crippen LogP contribution is 2.30. The lowest BCUT2D eigenvalue weighted by Crippen LogP contribution is -2.36. The van der Waals surface area contributed by atoms with E-state index in [1.807, 2.05) is 0 Å². The minimum absolute atomic E-state index is 0.129. The van der Waals surface area contributed by atoms with Crippen LogP contribution < -0.4 is 15.5 Å². The molecule has 1 heterocycles. The van der Waals surface area contributed by atoms with Gasteiger partial charge in [-0.3, -0.25) is 0 Å². The summed E-state index contributed by atoms with van der Waals surface area (Å²) < 4.78 is 0. The summed E-state index contributed by atoms with van der Waals surface area (Å²) >= 11 is 0. The van der Waals surface area contributed by atoms with Crippen molar-refractivity contribution in [3.05, 3.63) is 29.3 Å². The van der Waals surface area contributed by atoms with Crippen LogP contribution in [0.2, 0.25) is 0 Å². The van der Waals surface area contributed by atoms with E-state index in [1.54, 1.807) is 7.05 Å². The lowest BCUT2D eigenvalue weighted by Gasteiger charge is -2.35. The average Bonchev–Trinajstić information content (AvgIpc) is 2.59. The Hall–Kier alpha value is -1.71. The van der Waals surface area contributed by atoms with Crippen LogP contribution >= 0.6 is 0 Å². The smallest absolute Gasteiger partial charge is 0.314 e. The van der Waals surface area contributed by atoms with Gasteiger partial charge in [0.1, 0.15) is 0 Å². The van der Waals surface area contributed by atoms with Gasteiger partial charge in [0.05, 0.1) is 0 Å². The van der Waals surface area contributed by atoms with Crippen molar-refractivity contribution >= 4 is 11.7 Å². The Morgan fingerprint density at radius 1 is 1.30 bits per heavy atom. The van der Waals surface area contributed by atoms with Gasteiger partial charge in [-0.2, -0.15) is 0 Å². The molecule has 1 fully saturated rings. The molecule has 1 aromatic carbocycles. The number of hydrogen-bond acceptors (Lipinski definition) is 2. The fourth-order valence-corrected chi connectivity index (χ4v) is 3.26. The van der Waals surface area contributed by atoms with Crippen molar-refractivity contribution in [1.82, 2.24) is 10.6 Å². The normalized spacial score (nSPS) is 15.8. The number of urea groups is 1. The summed E-state index contributed by atoms with van der Waals surface area (Å²) in [7, 11) is 1.65. The summed E-state index contributed by atoms with van der Waals surface area (Å²) in [5, 5.41) is 5.56. The van der Waals surface area contributed by atoms with Crippen LogP contribution in [-0.4, -0.2) is 26.2 Å². The zero-order valence-corrected chi connectivity index (χ0v) is 15.0. The quantitative estimate of drug-likeness (QED) is 0.866. The van der Waals surface area contributed by atoms with Crippen molar-refractivity contribution in [2.45, 2.75) is 52.5 Å². The lowest BCUT2D eigenvalue weighted by molar-refractivity contribution is 0.242.